The Morgan fingerprint density at radius 2 is 1.94 bits per heavy atom. The molecule has 3 unspecified atom stereocenters. The van der Waals surface area contributed by atoms with Crippen LogP contribution in [0.2, 0.25) is 0 Å². The van der Waals surface area contributed by atoms with Gasteiger partial charge < -0.3 is 5.32 Å². The van der Waals surface area contributed by atoms with Gasteiger partial charge in [0.05, 0.1) is 5.25 Å². The maximum absolute atomic E-state index is 12.0. The smallest absolute Gasteiger partial charge is 0.154 e. The molecule has 0 spiro atoms. The molecule has 1 aliphatic carbocycles. The van der Waals surface area contributed by atoms with E-state index in [0.29, 0.717) is 5.92 Å². The standard InChI is InChI=1S/C12H25NO2S/c1-4-6-10-7-8-11(13-3)12(9-10)16(14,15)5-2/h10-13H,4-9H2,1-3H3. The topological polar surface area (TPSA) is 46.2 Å². The molecule has 96 valence electrons. The van der Waals surface area contributed by atoms with Crippen LogP contribution in [-0.2, 0) is 9.84 Å². The zero-order valence-electron chi connectivity index (χ0n) is 10.7. The third-order valence-electron chi connectivity index (χ3n) is 3.83. The summed E-state index contributed by atoms with van der Waals surface area (Å²) in [4.78, 5) is 0. The van der Waals surface area contributed by atoms with Gasteiger partial charge in [0.2, 0.25) is 0 Å². The van der Waals surface area contributed by atoms with Crippen LogP contribution in [0, 0.1) is 5.92 Å². The Hall–Kier alpha value is -0.0900. The van der Waals surface area contributed by atoms with Gasteiger partial charge in [-0.25, -0.2) is 8.42 Å². The van der Waals surface area contributed by atoms with Gasteiger partial charge >= 0.3 is 0 Å². The lowest BCUT2D eigenvalue weighted by molar-refractivity contribution is 0.288. The summed E-state index contributed by atoms with van der Waals surface area (Å²) in [7, 11) is -1.02. The molecule has 1 N–H and O–H groups in total. The Morgan fingerprint density at radius 3 is 2.44 bits per heavy atom. The van der Waals surface area contributed by atoms with E-state index in [1.165, 1.54) is 12.8 Å². The van der Waals surface area contributed by atoms with Crippen molar-refractivity contribution < 1.29 is 8.42 Å². The van der Waals surface area contributed by atoms with E-state index >= 15 is 0 Å². The third-order valence-corrected chi connectivity index (χ3v) is 6.08. The summed E-state index contributed by atoms with van der Waals surface area (Å²) >= 11 is 0. The quantitative estimate of drug-likeness (QED) is 0.808. The van der Waals surface area contributed by atoms with Gasteiger partial charge in [0, 0.05) is 11.8 Å². The molecule has 0 radical (unpaired) electrons. The number of rotatable bonds is 5. The molecule has 0 bridgehead atoms. The molecule has 0 amide bonds. The highest BCUT2D eigenvalue weighted by Crippen LogP contribution is 2.32. The molecule has 0 heterocycles. The first-order valence-corrected chi connectivity index (χ1v) is 8.15. The van der Waals surface area contributed by atoms with Crippen molar-refractivity contribution in [1.29, 1.82) is 0 Å². The van der Waals surface area contributed by atoms with Gasteiger partial charge in [-0.05, 0) is 32.2 Å². The van der Waals surface area contributed by atoms with Crippen LogP contribution in [0.25, 0.3) is 0 Å². The van der Waals surface area contributed by atoms with Crippen molar-refractivity contribution in [3.63, 3.8) is 0 Å². The predicted molar refractivity (Wildman–Crippen MR) is 68.3 cm³/mol. The largest absolute Gasteiger partial charge is 0.316 e. The minimum atomic E-state index is -2.90. The number of sulfone groups is 1. The molecule has 1 aliphatic rings. The van der Waals surface area contributed by atoms with Crippen LogP contribution in [0.4, 0.5) is 0 Å². The van der Waals surface area contributed by atoms with Gasteiger partial charge in [-0.3, -0.25) is 0 Å². The zero-order valence-corrected chi connectivity index (χ0v) is 11.5. The highest BCUT2D eigenvalue weighted by Gasteiger charge is 2.36. The molecule has 0 saturated heterocycles. The molecule has 0 aromatic heterocycles. The van der Waals surface area contributed by atoms with E-state index in [9.17, 15) is 8.42 Å². The van der Waals surface area contributed by atoms with Crippen molar-refractivity contribution in [2.75, 3.05) is 12.8 Å². The van der Waals surface area contributed by atoms with Crippen molar-refractivity contribution in [2.45, 2.75) is 57.2 Å². The van der Waals surface area contributed by atoms with Gasteiger partial charge in [-0.1, -0.05) is 26.7 Å². The first kappa shape index (κ1) is 14.0. The van der Waals surface area contributed by atoms with Crippen LogP contribution < -0.4 is 5.32 Å². The van der Waals surface area contributed by atoms with E-state index in [1.807, 2.05) is 7.05 Å². The molecule has 3 atom stereocenters. The fraction of sp³-hybridized carbons (Fsp3) is 1.00. The molecule has 0 aromatic carbocycles. The average molecular weight is 247 g/mol. The molecule has 16 heavy (non-hydrogen) atoms. The Bertz CT molecular complexity index is 300. The Labute approximate surface area is 99.9 Å². The molecule has 1 rings (SSSR count). The minimum Gasteiger partial charge on any atom is -0.316 e. The lowest BCUT2D eigenvalue weighted by Crippen LogP contribution is -2.47. The second-order valence-corrected chi connectivity index (χ2v) is 7.36. The Kier molecular flexibility index (Phi) is 5.25. The monoisotopic (exact) mass is 247 g/mol. The molecule has 0 aromatic rings. The third kappa shape index (κ3) is 3.20. The van der Waals surface area contributed by atoms with Crippen molar-refractivity contribution >= 4 is 9.84 Å². The fourth-order valence-electron chi connectivity index (χ4n) is 2.82. The van der Waals surface area contributed by atoms with Crippen LogP contribution in [0.1, 0.15) is 46.0 Å². The normalized spacial score (nSPS) is 31.6. The molecular weight excluding hydrogens is 222 g/mol. The number of hydrogen-bond donors (Lipinski definition) is 1. The van der Waals surface area contributed by atoms with E-state index in [1.54, 1.807) is 6.92 Å². The van der Waals surface area contributed by atoms with E-state index in [2.05, 4.69) is 12.2 Å². The summed E-state index contributed by atoms with van der Waals surface area (Å²) in [5, 5.41) is 3.02. The van der Waals surface area contributed by atoms with Crippen LogP contribution in [0.3, 0.4) is 0 Å². The molecule has 4 heteroatoms. The van der Waals surface area contributed by atoms with Crippen LogP contribution >= 0.6 is 0 Å². The molecule has 0 aliphatic heterocycles. The van der Waals surface area contributed by atoms with Crippen LogP contribution in [-0.4, -0.2) is 32.5 Å². The van der Waals surface area contributed by atoms with Gasteiger partial charge in [-0.2, -0.15) is 0 Å². The summed E-state index contributed by atoms with van der Waals surface area (Å²) in [6.07, 6.45) is 5.37. The van der Waals surface area contributed by atoms with Gasteiger partial charge in [0.15, 0.2) is 9.84 Å². The Balaban J connectivity index is 2.75. The van der Waals surface area contributed by atoms with E-state index in [0.717, 1.165) is 19.3 Å². The summed E-state index contributed by atoms with van der Waals surface area (Å²) in [5.41, 5.74) is 0. The van der Waals surface area contributed by atoms with Gasteiger partial charge in [-0.15, -0.1) is 0 Å². The van der Waals surface area contributed by atoms with E-state index in [4.69, 9.17) is 0 Å². The predicted octanol–water partition coefficient (Wildman–Crippen LogP) is 1.98. The van der Waals surface area contributed by atoms with Crippen molar-refractivity contribution in [3.05, 3.63) is 0 Å². The molecular formula is C12H25NO2S. The molecule has 1 fully saturated rings. The SMILES string of the molecule is CCCC1CCC(NC)C(S(=O)(=O)CC)C1. The lowest BCUT2D eigenvalue weighted by Gasteiger charge is -2.35. The average Bonchev–Trinajstić information content (AvgIpc) is 2.29. The van der Waals surface area contributed by atoms with Gasteiger partial charge in [0.1, 0.15) is 0 Å². The summed E-state index contributed by atoms with van der Waals surface area (Å²) in [6.45, 7) is 3.93. The highest BCUT2D eigenvalue weighted by molar-refractivity contribution is 7.92. The minimum absolute atomic E-state index is 0.159. The first-order chi connectivity index (χ1) is 7.55. The molecule has 1 saturated carbocycles. The maximum Gasteiger partial charge on any atom is 0.154 e. The van der Waals surface area contributed by atoms with E-state index in [-0.39, 0.29) is 17.0 Å². The summed E-state index contributed by atoms with van der Waals surface area (Å²) < 4.78 is 24.1. The fourth-order valence-corrected chi connectivity index (χ4v) is 4.59. The Morgan fingerprint density at radius 1 is 1.25 bits per heavy atom. The van der Waals surface area contributed by atoms with Crippen LogP contribution in [0.5, 0.6) is 0 Å². The van der Waals surface area contributed by atoms with Crippen molar-refractivity contribution in [3.8, 4) is 0 Å². The summed E-state index contributed by atoms with van der Waals surface area (Å²) in [6, 6.07) is 0.165. The zero-order chi connectivity index (χ0) is 12.2. The highest BCUT2D eigenvalue weighted by atomic mass is 32.2. The second-order valence-electron chi connectivity index (χ2n) is 4.85. The number of hydrogen-bond acceptors (Lipinski definition) is 3. The van der Waals surface area contributed by atoms with E-state index < -0.39 is 9.84 Å². The van der Waals surface area contributed by atoms with Crippen LogP contribution in [0.15, 0.2) is 0 Å². The molecule has 3 nitrogen and oxygen atoms in total. The van der Waals surface area contributed by atoms with Gasteiger partial charge in [0.25, 0.3) is 0 Å². The first-order valence-electron chi connectivity index (χ1n) is 6.44. The lowest BCUT2D eigenvalue weighted by atomic mass is 9.83. The maximum atomic E-state index is 12.0. The number of nitrogens with one attached hydrogen (secondary N) is 1. The van der Waals surface area contributed by atoms with Crippen molar-refractivity contribution in [2.24, 2.45) is 5.92 Å². The van der Waals surface area contributed by atoms with Crippen molar-refractivity contribution in [1.82, 2.24) is 5.32 Å². The summed E-state index contributed by atoms with van der Waals surface area (Å²) in [5.74, 6) is 0.884. The second kappa shape index (κ2) is 6.01.